The summed E-state index contributed by atoms with van der Waals surface area (Å²) in [6.07, 6.45) is 11.0. The Hall–Kier alpha value is 0.222. The molecule has 0 aromatic carbocycles. The van der Waals surface area contributed by atoms with Crippen molar-refractivity contribution >= 4 is 16.9 Å². The van der Waals surface area contributed by atoms with Gasteiger partial charge in [0.2, 0.25) is 0 Å². The monoisotopic (exact) mass is 565 g/mol. The quantitative estimate of drug-likeness (QED) is 0.199. The van der Waals surface area contributed by atoms with E-state index < -0.39 is 16.9 Å². The van der Waals surface area contributed by atoms with Crippen molar-refractivity contribution in [2.45, 2.75) is 44.4 Å². The third-order valence-corrected chi connectivity index (χ3v) is 10.1. The fourth-order valence-electron chi connectivity index (χ4n) is 2.91. The van der Waals surface area contributed by atoms with Crippen LogP contribution in [0.15, 0.2) is 29.5 Å². The Morgan fingerprint density at radius 3 is 2.08 bits per heavy atom. The summed E-state index contributed by atoms with van der Waals surface area (Å²) in [6.45, 7) is 8.70. The van der Waals surface area contributed by atoms with Gasteiger partial charge in [-0.3, -0.25) is 6.08 Å². The van der Waals surface area contributed by atoms with Crippen LogP contribution in [0.3, 0.4) is 0 Å². The molecule has 150 valence electrons. The molecule has 0 aromatic rings. The molecule has 0 bridgehead atoms. The van der Waals surface area contributed by atoms with Gasteiger partial charge >= 0.3 is 29.9 Å². The molecule has 0 N–H and O–H groups in total. The predicted molar refractivity (Wildman–Crippen MR) is 112 cm³/mol. The van der Waals surface area contributed by atoms with Crippen molar-refractivity contribution in [1.82, 2.24) is 0 Å². The minimum absolute atomic E-state index is 0. The van der Waals surface area contributed by atoms with Gasteiger partial charge in [-0.1, -0.05) is 32.0 Å². The Bertz CT molecular complexity index is 409. The summed E-state index contributed by atoms with van der Waals surface area (Å²) in [5.41, 5.74) is 1.47. The van der Waals surface area contributed by atoms with Crippen molar-refractivity contribution in [3.8, 4) is 0 Å². The van der Waals surface area contributed by atoms with Gasteiger partial charge in [-0.05, 0) is 6.04 Å². The largest absolute Gasteiger partial charge is 4.00 e. The van der Waals surface area contributed by atoms with Gasteiger partial charge in [-0.25, -0.2) is 10.8 Å². The van der Waals surface area contributed by atoms with Crippen LogP contribution in [0.5, 0.6) is 0 Å². The first kappa shape index (κ1) is 32.9. The van der Waals surface area contributed by atoms with E-state index in [4.69, 9.17) is 13.3 Å². The van der Waals surface area contributed by atoms with Crippen molar-refractivity contribution < 1.29 is 34.3 Å². The van der Waals surface area contributed by atoms with Gasteiger partial charge in [0, 0.05) is 35.4 Å². The SMILES string of the molecule is C=CC[Si](C)(C)C1=[C-]CC=C1CCC[Si](OC)(OC)OC.[CH3-].[CH3-].[CH3-].[Pt+4]. The fraction of sp³-hybridized carbons (Fsp3) is 0.526. The van der Waals surface area contributed by atoms with Crippen LogP contribution < -0.4 is 0 Å². The molecule has 0 radical (unpaired) electrons. The molecule has 1 aliphatic rings. The van der Waals surface area contributed by atoms with Gasteiger partial charge < -0.3 is 35.6 Å². The first-order valence-corrected chi connectivity index (χ1v) is 12.7. The minimum atomic E-state index is -2.43. The molecule has 0 aliphatic heterocycles. The molecule has 6 heteroatoms. The third kappa shape index (κ3) is 9.12. The van der Waals surface area contributed by atoms with E-state index in [0.29, 0.717) is 0 Å². The Balaban J connectivity index is -0.000000551. The van der Waals surface area contributed by atoms with Crippen LogP contribution in [0.1, 0.15) is 19.3 Å². The van der Waals surface area contributed by atoms with Gasteiger partial charge in [-0.15, -0.1) is 13.0 Å². The zero-order valence-electron chi connectivity index (χ0n) is 17.4. The molecule has 0 saturated heterocycles. The fourth-order valence-corrected chi connectivity index (χ4v) is 7.23. The van der Waals surface area contributed by atoms with E-state index >= 15 is 0 Å². The van der Waals surface area contributed by atoms with Crippen molar-refractivity contribution in [3.63, 3.8) is 0 Å². The number of allylic oxidation sites excluding steroid dienone is 5. The molecule has 0 fully saturated rings. The Kier molecular flexibility index (Phi) is 20.1. The van der Waals surface area contributed by atoms with Crippen LogP contribution >= 0.6 is 0 Å². The second-order valence-electron chi connectivity index (χ2n) is 6.01. The van der Waals surface area contributed by atoms with Crippen molar-refractivity contribution in [2.75, 3.05) is 21.3 Å². The summed E-state index contributed by atoms with van der Waals surface area (Å²) in [7, 11) is 1.17. The van der Waals surface area contributed by atoms with Crippen LogP contribution in [-0.2, 0) is 34.3 Å². The topological polar surface area (TPSA) is 27.7 Å². The summed E-state index contributed by atoms with van der Waals surface area (Å²) in [6, 6.07) is 1.96. The molecule has 0 aromatic heterocycles. The molecular weight excluding hydrogens is 527 g/mol. The van der Waals surface area contributed by atoms with Crippen molar-refractivity contribution in [3.05, 3.63) is 57.9 Å². The smallest absolute Gasteiger partial charge is 0.377 e. The summed E-state index contributed by atoms with van der Waals surface area (Å²) in [5.74, 6) is 0. The van der Waals surface area contributed by atoms with E-state index in [9.17, 15) is 0 Å². The predicted octanol–water partition coefficient (Wildman–Crippen LogP) is 5.49. The van der Waals surface area contributed by atoms with E-state index in [2.05, 4.69) is 37.9 Å². The van der Waals surface area contributed by atoms with Crippen LogP contribution in [0.4, 0.5) is 0 Å². The zero-order valence-corrected chi connectivity index (χ0v) is 21.7. The molecule has 0 saturated carbocycles. The van der Waals surface area contributed by atoms with Gasteiger partial charge in [0.25, 0.3) is 0 Å². The maximum absolute atomic E-state index is 5.48. The zero-order chi connectivity index (χ0) is 15.9. The maximum Gasteiger partial charge on any atom is 4.00 e. The van der Waals surface area contributed by atoms with Crippen LogP contribution in [0.25, 0.3) is 0 Å². The molecule has 3 nitrogen and oxygen atoms in total. The molecular formula is C19H38O3PtSi2. The van der Waals surface area contributed by atoms with Crippen LogP contribution in [0.2, 0.25) is 25.2 Å². The van der Waals surface area contributed by atoms with Crippen molar-refractivity contribution in [2.24, 2.45) is 0 Å². The molecule has 0 atom stereocenters. The van der Waals surface area contributed by atoms with Crippen LogP contribution in [-0.4, -0.2) is 38.2 Å². The molecule has 1 rings (SSSR count). The number of hydrogen-bond donors (Lipinski definition) is 0. The Labute approximate surface area is 174 Å². The van der Waals surface area contributed by atoms with Crippen molar-refractivity contribution in [1.29, 1.82) is 0 Å². The Morgan fingerprint density at radius 1 is 1.12 bits per heavy atom. The molecule has 25 heavy (non-hydrogen) atoms. The van der Waals surface area contributed by atoms with E-state index in [1.807, 2.05) is 0 Å². The van der Waals surface area contributed by atoms with Gasteiger partial charge in [0.1, 0.15) is 0 Å². The average Bonchev–Trinajstić information content (AvgIpc) is 2.93. The van der Waals surface area contributed by atoms with Gasteiger partial charge in [0.15, 0.2) is 0 Å². The second kappa shape index (κ2) is 15.3. The normalized spacial score (nSPS) is 13.3. The third-order valence-electron chi connectivity index (χ3n) is 4.14. The van der Waals surface area contributed by atoms with E-state index in [1.165, 1.54) is 10.8 Å². The first-order chi connectivity index (χ1) is 9.94. The maximum atomic E-state index is 5.48. The summed E-state index contributed by atoms with van der Waals surface area (Å²) < 4.78 is 16.4. The van der Waals surface area contributed by atoms with E-state index in [-0.39, 0.29) is 43.3 Å². The minimum Gasteiger partial charge on any atom is -0.377 e. The average molecular weight is 566 g/mol. The van der Waals surface area contributed by atoms with E-state index in [0.717, 1.165) is 31.4 Å². The van der Waals surface area contributed by atoms with Crippen LogP contribution in [0, 0.1) is 28.4 Å². The number of rotatable bonds is 10. The molecule has 0 heterocycles. The first-order valence-electron chi connectivity index (χ1n) is 7.51. The molecule has 0 amide bonds. The van der Waals surface area contributed by atoms with Gasteiger partial charge in [-0.2, -0.15) is 6.08 Å². The summed E-state index contributed by atoms with van der Waals surface area (Å²) in [5, 5.41) is 1.49. The number of hydrogen-bond acceptors (Lipinski definition) is 3. The summed E-state index contributed by atoms with van der Waals surface area (Å²) in [4.78, 5) is 0. The van der Waals surface area contributed by atoms with E-state index in [1.54, 1.807) is 21.3 Å². The molecule has 1 aliphatic carbocycles. The van der Waals surface area contributed by atoms with Gasteiger partial charge in [0.05, 0.1) is 0 Å². The summed E-state index contributed by atoms with van der Waals surface area (Å²) >= 11 is 0. The second-order valence-corrected chi connectivity index (χ2v) is 13.8. The molecule has 0 unspecified atom stereocenters. The standard InChI is InChI=1S/C16H29O3Si2.3CH3.Pt/c1-7-13-20(5,6)16-12-8-10-15(16)11-9-14-21(17-2,18-3)19-4;;;;/h7,10H,1,8-9,11,13-14H2,2-6H3;3*1H3;/q4*-1;+4. The Morgan fingerprint density at radius 2 is 1.64 bits per heavy atom. The molecule has 0 spiro atoms.